The van der Waals surface area contributed by atoms with Crippen LogP contribution in [0.1, 0.15) is 36.6 Å². The highest BCUT2D eigenvalue weighted by Crippen LogP contribution is 2.35. The molecule has 0 bridgehead atoms. The number of ether oxygens (including phenoxy) is 1. The predicted molar refractivity (Wildman–Crippen MR) is 101 cm³/mol. The number of hydrogen-bond acceptors (Lipinski definition) is 3. The summed E-state index contributed by atoms with van der Waals surface area (Å²) in [6, 6.07) is 16.0. The Kier molecular flexibility index (Phi) is 4.86. The Morgan fingerprint density at radius 2 is 2.04 bits per heavy atom. The number of benzene rings is 2. The monoisotopic (exact) mass is 349 g/mol. The highest BCUT2D eigenvalue weighted by molar-refractivity contribution is 5.77. The number of para-hydroxylation sites is 3. The van der Waals surface area contributed by atoms with Gasteiger partial charge in [0.2, 0.25) is 5.91 Å². The number of carbonyl (C=O) groups excluding carboxylic acids is 1. The Balaban J connectivity index is 1.24. The lowest BCUT2D eigenvalue weighted by molar-refractivity contribution is -0.121. The van der Waals surface area contributed by atoms with Crippen LogP contribution in [-0.4, -0.2) is 29.0 Å². The SMILES string of the molecule is O=C(C[C@H]1CCOc2ccccc21)NCCCc1nc2ccccc2[nH]1. The smallest absolute Gasteiger partial charge is 0.220 e. The van der Waals surface area contributed by atoms with Gasteiger partial charge < -0.3 is 15.0 Å². The Morgan fingerprint density at radius 3 is 2.96 bits per heavy atom. The average molecular weight is 349 g/mol. The first kappa shape index (κ1) is 16.6. The summed E-state index contributed by atoms with van der Waals surface area (Å²) >= 11 is 0. The predicted octanol–water partition coefficient (Wildman–Crippen LogP) is 3.57. The lowest BCUT2D eigenvalue weighted by atomic mass is 9.90. The molecular formula is C21H23N3O2. The third-order valence-electron chi connectivity index (χ3n) is 4.87. The Hall–Kier alpha value is -2.82. The minimum absolute atomic E-state index is 0.108. The van der Waals surface area contributed by atoms with Gasteiger partial charge in [0.05, 0.1) is 17.6 Å². The molecule has 0 aliphatic carbocycles. The number of aromatic amines is 1. The molecule has 1 amide bonds. The van der Waals surface area contributed by atoms with Gasteiger partial charge in [0.25, 0.3) is 0 Å². The van der Waals surface area contributed by atoms with E-state index in [1.807, 2.05) is 42.5 Å². The Labute approximate surface area is 152 Å². The highest BCUT2D eigenvalue weighted by Gasteiger charge is 2.23. The third kappa shape index (κ3) is 3.72. The van der Waals surface area contributed by atoms with Crippen LogP contribution in [0.4, 0.5) is 0 Å². The van der Waals surface area contributed by atoms with Crippen LogP contribution in [0, 0.1) is 0 Å². The number of aryl methyl sites for hydroxylation is 1. The fraction of sp³-hybridized carbons (Fsp3) is 0.333. The standard InChI is InChI=1S/C21H23N3O2/c25-21(14-15-11-13-26-19-9-4-1-6-16(15)19)22-12-5-10-20-23-17-7-2-3-8-18(17)24-20/h1-4,6-9,15H,5,10-14H2,(H,22,25)(H,23,24)/t15-/m1/s1. The normalized spacial score (nSPS) is 16.1. The molecule has 1 aliphatic heterocycles. The van der Waals surface area contributed by atoms with Gasteiger partial charge in [-0.05, 0) is 42.5 Å². The number of aromatic nitrogens is 2. The van der Waals surface area contributed by atoms with Gasteiger partial charge >= 0.3 is 0 Å². The molecule has 2 heterocycles. The van der Waals surface area contributed by atoms with Crippen molar-refractivity contribution in [2.24, 2.45) is 0 Å². The number of H-pyrrole nitrogens is 1. The number of amides is 1. The first-order valence-electron chi connectivity index (χ1n) is 9.21. The molecule has 0 saturated carbocycles. The van der Waals surface area contributed by atoms with Crippen LogP contribution < -0.4 is 10.1 Å². The van der Waals surface area contributed by atoms with E-state index in [2.05, 4.69) is 21.4 Å². The molecule has 3 aromatic rings. The zero-order valence-electron chi connectivity index (χ0n) is 14.7. The molecule has 0 unspecified atom stereocenters. The summed E-state index contributed by atoms with van der Waals surface area (Å²) in [5.74, 6) is 2.24. The maximum absolute atomic E-state index is 12.3. The van der Waals surface area contributed by atoms with E-state index in [0.29, 0.717) is 19.6 Å². The van der Waals surface area contributed by atoms with Crippen molar-refractivity contribution in [2.45, 2.75) is 31.6 Å². The second kappa shape index (κ2) is 7.60. The van der Waals surface area contributed by atoms with Gasteiger partial charge in [-0.15, -0.1) is 0 Å². The molecule has 1 aliphatic rings. The first-order chi connectivity index (χ1) is 12.8. The van der Waals surface area contributed by atoms with E-state index in [-0.39, 0.29) is 11.8 Å². The lowest BCUT2D eigenvalue weighted by Gasteiger charge is -2.25. The molecule has 4 rings (SSSR count). The summed E-state index contributed by atoms with van der Waals surface area (Å²) in [4.78, 5) is 20.2. The number of carbonyl (C=O) groups is 1. The molecule has 0 spiro atoms. The number of imidazole rings is 1. The Bertz CT molecular complexity index is 870. The summed E-state index contributed by atoms with van der Waals surface area (Å²) < 4.78 is 5.67. The zero-order chi connectivity index (χ0) is 17.8. The summed E-state index contributed by atoms with van der Waals surface area (Å²) in [5, 5.41) is 3.04. The second-order valence-corrected chi connectivity index (χ2v) is 6.73. The van der Waals surface area contributed by atoms with E-state index in [0.717, 1.165) is 47.4 Å². The van der Waals surface area contributed by atoms with Gasteiger partial charge in [-0.25, -0.2) is 4.98 Å². The molecule has 2 N–H and O–H groups in total. The summed E-state index contributed by atoms with van der Waals surface area (Å²) in [6.45, 7) is 1.35. The van der Waals surface area contributed by atoms with Crippen molar-refractivity contribution in [1.29, 1.82) is 0 Å². The van der Waals surface area contributed by atoms with Crippen LogP contribution in [0.2, 0.25) is 0 Å². The van der Waals surface area contributed by atoms with Gasteiger partial charge in [-0.1, -0.05) is 30.3 Å². The zero-order valence-corrected chi connectivity index (χ0v) is 14.7. The van der Waals surface area contributed by atoms with E-state index < -0.39 is 0 Å². The fourth-order valence-electron chi connectivity index (χ4n) is 3.53. The van der Waals surface area contributed by atoms with Crippen molar-refractivity contribution < 1.29 is 9.53 Å². The van der Waals surface area contributed by atoms with E-state index in [4.69, 9.17) is 4.74 Å². The molecular weight excluding hydrogens is 326 g/mol. The number of rotatable bonds is 6. The van der Waals surface area contributed by atoms with Gasteiger partial charge in [0, 0.05) is 19.4 Å². The Morgan fingerprint density at radius 1 is 1.19 bits per heavy atom. The van der Waals surface area contributed by atoms with Gasteiger partial charge in [-0.2, -0.15) is 0 Å². The quantitative estimate of drug-likeness (QED) is 0.669. The summed E-state index contributed by atoms with van der Waals surface area (Å²) in [5.41, 5.74) is 3.20. The molecule has 0 fully saturated rings. The first-order valence-corrected chi connectivity index (χ1v) is 9.21. The molecule has 1 aromatic heterocycles. The third-order valence-corrected chi connectivity index (χ3v) is 4.87. The number of hydrogen-bond donors (Lipinski definition) is 2. The molecule has 5 nitrogen and oxygen atoms in total. The minimum Gasteiger partial charge on any atom is -0.493 e. The van der Waals surface area contributed by atoms with Crippen molar-refractivity contribution in [1.82, 2.24) is 15.3 Å². The molecule has 2 aromatic carbocycles. The molecule has 0 saturated heterocycles. The number of fused-ring (bicyclic) bond motifs is 2. The number of nitrogens with one attached hydrogen (secondary N) is 2. The second-order valence-electron chi connectivity index (χ2n) is 6.73. The van der Waals surface area contributed by atoms with E-state index >= 15 is 0 Å². The average Bonchev–Trinajstić information content (AvgIpc) is 3.08. The van der Waals surface area contributed by atoms with Crippen molar-refractivity contribution >= 4 is 16.9 Å². The maximum Gasteiger partial charge on any atom is 0.220 e. The van der Waals surface area contributed by atoms with Crippen molar-refractivity contribution in [3.05, 3.63) is 59.9 Å². The van der Waals surface area contributed by atoms with Crippen molar-refractivity contribution in [3.8, 4) is 5.75 Å². The van der Waals surface area contributed by atoms with Crippen molar-refractivity contribution in [2.75, 3.05) is 13.2 Å². The van der Waals surface area contributed by atoms with Crippen molar-refractivity contribution in [3.63, 3.8) is 0 Å². The van der Waals surface area contributed by atoms with Crippen LogP contribution >= 0.6 is 0 Å². The molecule has 0 radical (unpaired) electrons. The van der Waals surface area contributed by atoms with Crippen LogP contribution in [0.25, 0.3) is 11.0 Å². The van der Waals surface area contributed by atoms with Crippen LogP contribution in [0.5, 0.6) is 5.75 Å². The fourth-order valence-corrected chi connectivity index (χ4v) is 3.53. The molecule has 26 heavy (non-hydrogen) atoms. The molecule has 134 valence electrons. The van der Waals surface area contributed by atoms with Crippen LogP contribution in [-0.2, 0) is 11.2 Å². The summed E-state index contributed by atoms with van der Waals surface area (Å²) in [7, 11) is 0. The number of nitrogens with zero attached hydrogens (tertiary/aromatic N) is 1. The van der Waals surface area contributed by atoms with E-state index in [9.17, 15) is 4.79 Å². The lowest BCUT2D eigenvalue weighted by Crippen LogP contribution is -2.28. The molecule has 1 atom stereocenters. The summed E-state index contributed by atoms with van der Waals surface area (Å²) in [6.07, 6.45) is 3.11. The minimum atomic E-state index is 0.108. The van der Waals surface area contributed by atoms with Gasteiger partial charge in [0.1, 0.15) is 11.6 Å². The van der Waals surface area contributed by atoms with Gasteiger partial charge in [-0.3, -0.25) is 4.79 Å². The van der Waals surface area contributed by atoms with E-state index in [1.54, 1.807) is 0 Å². The maximum atomic E-state index is 12.3. The highest BCUT2D eigenvalue weighted by atomic mass is 16.5. The van der Waals surface area contributed by atoms with Crippen LogP contribution in [0.15, 0.2) is 48.5 Å². The van der Waals surface area contributed by atoms with Gasteiger partial charge in [0.15, 0.2) is 0 Å². The van der Waals surface area contributed by atoms with E-state index in [1.165, 1.54) is 0 Å². The topological polar surface area (TPSA) is 67.0 Å². The largest absolute Gasteiger partial charge is 0.493 e. The molecule has 5 heteroatoms. The van der Waals surface area contributed by atoms with Crippen LogP contribution in [0.3, 0.4) is 0 Å².